The van der Waals surface area contributed by atoms with Gasteiger partial charge in [-0.15, -0.1) is 12.4 Å². The van der Waals surface area contributed by atoms with Crippen LogP contribution in [0.2, 0.25) is 0 Å². The highest BCUT2D eigenvalue weighted by atomic mass is 35.5. The minimum absolute atomic E-state index is 0. The van der Waals surface area contributed by atoms with Crippen LogP contribution in [0, 0.1) is 5.92 Å². The predicted octanol–water partition coefficient (Wildman–Crippen LogP) is 2.42. The molecule has 2 fully saturated rings. The molecule has 0 aliphatic carbocycles. The fourth-order valence-electron chi connectivity index (χ4n) is 4.07. The Balaban J connectivity index is 0.00000169. The van der Waals surface area contributed by atoms with E-state index >= 15 is 0 Å². The first kappa shape index (κ1) is 17.4. The quantitative estimate of drug-likeness (QED) is 0.873. The first-order valence-corrected chi connectivity index (χ1v) is 8.67. The number of rotatable bonds is 4. The molecule has 132 valence electrons. The Labute approximate surface area is 148 Å². The molecule has 0 spiro atoms. The number of carbonyl (C=O) groups excluding carboxylic acids is 1. The lowest BCUT2D eigenvalue weighted by atomic mass is 9.89. The lowest BCUT2D eigenvalue weighted by molar-refractivity contribution is -0.122. The van der Waals surface area contributed by atoms with E-state index in [0.29, 0.717) is 44.2 Å². The Kier molecular flexibility index (Phi) is 5.51. The van der Waals surface area contributed by atoms with Gasteiger partial charge in [-0.1, -0.05) is 6.07 Å². The van der Waals surface area contributed by atoms with Crippen LogP contribution >= 0.6 is 12.4 Å². The Hall–Kier alpha value is -1.46. The van der Waals surface area contributed by atoms with E-state index in [1.165, 1.54) is 12.8 Å². The zero-order valence-electron chi connectivity index (χ0n) is 13.8. The summed E-state index contributed by atoms with van der Waals surface area (Å²) in [7, 11) is 0. The molecule has 4 rings (SSSR count). The maximum absolute atomic E-state index is 12.2. The van der Waals surface area contributed by atoms with Crippen molar-refractivity contribution in [2.75, 3.05) is 13.2 Å². The largest absolute Gasteiger partial charge is 0.486 e. The fraction of sp³-hybridized carbons (Fsp3) is 0.611. The van der Waals surface area contributed by atoms with Gasteiger partial charge in [-0.25, -0.2) is 0 Å². The normalized spacial score (nSPS) is 27.2. The van der Waals surface area contributed by atoms with Gasteiger partial charge in [0.2, 0.25) is 5.91 Å². The maximum Gasteiger partial charge on any atom is 0.220 e. The lowest BCUT2D eigenvalue weighted by Crippen LogP contribution is -2.39. The van der Waals surface area contributed by atoms with E-state index in [0.717, 1.165) is 29.9 Å². The number of fused-ring (bicyclic) bond motifs is 3. The highest BCUT2D eigenvalue weighted by Crippen LogP contribution is 2.33. The predicted molar refractivity (Wildman–Crippen MR) is 93.8 cm³/mol. The molecule has 5 nitrogen and oxygen atoms in total. The van der Waals surface area contributed by atoms with Gasteiger partial charge >= 0.3 is 0 Å². The molecule has 3 aliphatic heterocycles. The zero-order chi connectivity index (χ0) is 15.6. The minimum Gasteiger partial charge on any atom is -0.486 e. The van der Waals surface area contributed by atoms with Crippen LogP contribution in [-0.2, 0) is 11.3 Å². The van der Waals surface area contributed by atoms with Gasteiger partial charge in [0.15, 0.2) is 11.5 Å². The molecule has 1 amide bonds. The molecule has 3 aliphatic rings. The second-order valence-electron chi connectivity index (χ2n) is 6.93. The van der Waals surface area contributed by atoms with Crippen molar-refractivity contribution in [3.63, 3.8) is 0 Å². The van der Waals surface area contributed by atoms with Crippen molar-refractivity contribution in [3.8, 4) is 11.5 Å². The Morgan fingerprint density at radius 3 is 2.58 bits per heavy atom. The number of carbonyl (C=O) groups is 1. The molecule has 2 N–H and O–H groups in total. The molecule has 1 aromatic rings. The number of amides is 1. The van der Waals surface area contributed by atoms with E-state index in [-0.39, 0.29) is 18.3 Å². The minimum atomic E-state index is 0. The van der Waals surface area contributed by atoms with Gasteiger partial charge in [-0.3, -0.25) is 4.79 Å². The zero-order valence-corrected chi connectivity index (χ0v) is 14.6. The average molecular weight is 353 g/mol. The smallest absolute Gasteiger partial charge is 0.220 e. The number of halogens is 1. The Morgan fingerprint density at radius 2 is 1.83 bits per heavy atom. The second-order valence-corrected chi connectivity index (χ2v) is 6.93. The summed E-state index contributed by atoms with van der Waals surface area (Å²) in [6.07, 6.45) is 5.50. The number of ether oxygens (including phenoxy) is 2. The monoisotopic (exact) mass is 352 g/mol. The molecule has 2 saturated heterocycles. The SMILES string of the molecule is Cl.O=C(CC1CC2CCC(C1)N2)NCc1ccc2c(c1)OCCO2. The summed E-state index contributed by atoms with van der Waals surface area (Å²) in [4.78, 5) is 12.2. The van der Waals surface area contributed by atoms with E-state index in [1.54, 1.807) is 0 Å². The van der Waals surface area contributed by atoms with Crippen LogP contribution in [0.5, 0.6) is 11.5 Å². The van der Waals surface area contributed by atoms with Gasteiger partial charge in [0.25, 0.3) is 0 Å². The number of nitrogens with one attached hydrogen (secondary N) is 2. The summed E-state index contributed by atoms with van der Waals surface area (Å²) in [6.45, 7) is 1.73. The van der Waals surface area contributed by atoms with Crippen molar-refractivity contribution in [2.24, 2.45) is 5.92 Å². The van der Waals surface area contributed by atoms with Crippen molar-refractivity contribution in [1.82, 2.24) is 10.6 Å². The third-order valence-electron chi connectivity index (χ3n) is 5.14. The van der Waals surface area contributed by atoms with Gasteiger partial charge in [0.05, 0.1) is 0 Å². The summed E-state index contributed by atoms with van der Waals surface area (Å²) in [6, 6.07) is 7.15. The molecule has 24 heavy (non-hydrogen) atoms. The Morgan fingerprint density at radius 1 is 1.12 bits per heavy atom. The van der Waals surface area contributed by atoms with Crippen LogP contribution < -0.4 is 20.1 Å². The summed E-state index contributed by atoms with van der Waals surface area (Å²) in [5.74, 6) is 2.26. The van der Waals surface area contributed by atoms with Gasteiger partial charge in [-0.2, -0.15) is 0 Å². The summed E-state index contributed by atoms with van der Waals surface area (Å²) in [5.41, 5.74) is 1.05. The maximum atomic E-state index is 12.2. The first-order valence-electron chi connectivity index (χ1n) is 8.67. The molecule has 3 heterocycles. The van der Waals surface area contributed by atoms with E-state index in [9.17, 15) is 4.79 Å². The van der Waals surface area contributed by atoms with E-state index < -0.39 is 0 Å². The summed E-state index contributed by atoms with van der Waals surface area (Å²) in [5, 5.41) is 6.67. The molecule has 0 radical (unpaired) electrons. The average Bonchev–Trinajstić information content (AvgIpc) is 2.91. The van der Waals surface area contributed by atoms with Gasteiger partial charge in [0, 0.05) is 25.0 Å². The molecule has 6 heteroatoms. The van der Waals surface area contributed by atoms with Crippen LogP contribution in [-0.4, -0.2) is 31.2 Å². The van der Waals surface area contributed by atoms with Crippen molar-refractivity contribution in [2.45, 2.75) is 50.7 Å². The molecule has 1 aromatic carbocycles. The number of hydrogen-bond donors (Lipinski definition) is 2. The molecule has 0 aromatic heterocycles. The molecular formula is C18H25ClN2O3. The number of piperidine rings is 1. The highest BCUT2D eigenvalue weighted by Gasteiger charge is 2.34. The van der Waals surface area contributed by atoms with E-state index in [1.807, 2.05) is 18.2 Å². The van der Waals surface area contributed by atoms with Gasteiger partial charge in [0.1, 0.15) is 13.2 Å². The first-order chi connectivity index (χ1) is 11.3. The van der Waals surface area contributed by atoms with Crippen LogP contribution in [0.15, 0.2) is 18.2 Å². The van der Waals surface area contributed by atoms with Crippen molar-refractivity contribution in [3.05, 3.63) is 23.8 Å². The number of benzene rings is 1. The third-order valence-corrected chi connectivity index (χ3v) is 5.14. The van der Waals surface area contributed by atoms with Crippen LogP contribution in [0.4, 0.5) is 0 Å². The van der Waals surface area contributed by atoms with Crippen molar-refractivity contribution >= 4 is 18.3 Å². The topological polar surface area (TPSA) is 59.6 Å². The van der Waals surface area contributed by atoms with Gasteiger partial charge < -0.3 is 20.1 Å². The van der Waals surface area contributed by atoms with Crippen LogP contribution in [0.1, 0.15) is 37.7 Å². The molecule has 2 atom stereocenters. The molecular weight excluding hydrogens is 328 g/mol. The highest BCUT2D eigenvalue weighted by molar-refractivity contribution is 5.85. The van der Waals surface area contributed by atoms with Gasteiger partial charge in [-0.05, 0) is 49.3 Å². The molecule has 2 unspecified atom stereocenters. The molecule has 2 bridgehead atoms. The lowest BCUT2D eigenvalue weighted by Gasteiger charge is -2.28. The number of hydrogen-bond acceptors (Lipinski definition) is 4. The van der Waals surface area contributed by atoms with Crippen molar-refractivity contribution in [1.29, 1.82) is 0 Å². The van der Waals surface area contributed by atoms with E-state index in [4.69, 9.17) is 9.47 Å². The van der Waals surface area contributed by atoms with Crippen LogP contribution in [0.3, 0.4) is 0 Å². The summed E-state index contributed by atoms with van der Waals surface area (Å²) < 4.78 is 11.1. The second kappa shape index (κ2) is 7.62. The summed E-state index contributed by atoms with van der Waals surface area (Å²) >= 11 is 0. The standard InChI is InChI=1S/C18H24N2O3.ClH/c21-18(10-13-7-14-2-3-15(8-13)20-14)19-11-12-1-4-16-17(9-12)23-6-5-22-16;/h1,4,9,13-15,20H,2-3,5-8,10-11H2,(H,19,21);1H. The van der Waals surface area contributed by atoms with Crippen LogP contribution in [0.25, 0.3) is 0 Å². The fourth-order valence-corrected chi connectivity index (χ4v) is 4.07. The Bertz CT molecular complexity index is 584. The molecule has 0 saturated carbocycles. The van der Waals surface area contributed by atoms with Crippen molar-refractivity contribution < 1.29 is 14.3 Å². The van der Waals surface area contributed by atoms with E-state index in [2.05, 4.69) is 10.6 Å². The third kappa shape index (κ3) is 3.95.